The van der Waals surface area contributed by atoms with E-state index >= 15 is 0 Å². The number of rotatable bonds is 6. The van der Waals surface area contributed by atoms with Gasteiger partial charge in [-0.1, -0.05) is 94.4 Å². The maximum absolute atomic E-state index is 12.9. The molecule has 6 rings (SSSR count). The zero-order valence-corrected chi connectivity index (χ0v) is 39.6. The van der Waals surface area contributed by atoms with Crippen molar-refractivity contribution in [1.29, 1.82) is 0 Å². The molecule has 6 aliphatic rings. The van der Waals surface area contributed by atoms with Crippen LogP contribution < -0.4 is 0 Å². The third-order valence-corrected chi connectivity index (χ3v) is 14.8. The van der Waals surface area contributed by atoms with Crippen LogP contribution in [0.3, 0.4) is 0 Å². The minimum Gasteiger partial charge on any atom is -0.468 e. The third-order valence-electron chi connectivity index (χ3n) is 14.8. The van der Waals surface area contributed by atoms with Crippen LogP contribution in [0.5, 0.6) is 0 Å². The summed E-state index contributed by atoms with van der Waals surface area (Å²) in [4.78, 5) is 37.2. The molecule has 0 aliphatic heterocycles. The van der Waals surface area contributed by atoms with Crippen LogP contribution in [-0.4, -0.2) is 44.2 Å². The van der Waals surface area contributed by atoms with E-state index in [1.807, 2.05) is 0 Å². The van der Waals surface area contributed by atoms with Gasteiger partial charge in [-0.15, -0.1) is 17.3 Å². The van der Waals surface area contributed by atoms with Gasteiger partial charge in [0.1, 0.15) is 6.29 Å². The van der Waals surface area contributed by atoms with Crippen molar-refractivity contribution < 1.29 is 94.4 Å². The van der Waals surface area contributed by atoms with Crippen molar-refractivity contribution in [2.45, 2.75) is 132 Å². The SMILES string of the molecule is COC(=O)[C@]12CCC(C(C)C)=C1[C@H]1CC=C(C=O)C[C-](C)[C@]1(C)CC2.COC(=O)[C@]12CCC(C(C)C)=C1[C@H]1CC=C(CO)C[C-](C)[C@]1(C)CC2.[Y].[Y]. The predicted octanol–water partition coefficient (Wildman–Crippen LogP) is 9.43. The van der Waals surface area contributed by atoms with Crippen LogP contribution in [0.15, 0.2) is 45.6 Å². The molecule has 2 radical (unpaired) electrons. The monoisotopic (exact) mass is 866 g/mol. The van der Waals surface area contributed by atoms with Gasteiger partial charge in [0.15, 0.2) is 0 Å². The molecule has 0 aromatic heterocycles. The number of fused-ring (bicyclic) bond motifs is 6. The first-order chi connectivity index (χ1) is 23.6. The van der Waals surface area contributed by atoms with Crippen LogP contribution in [0.2, 0.25) is 0 Å². The number of ether oxygens (including phenoxy) is 2. The Hall–Kier alpha value is -0.262. The van der Waals surface area contributed by atoms with E-state index in [0.717, 1.165) is 94.5 Å². The van der Waals surface area contributed by atoms with Gasteiger partial charge in [-0.05, 0) is 80.6 Å². The summed E-state index contributed by atoms with van der Waals surface area (Å²) in [6.45, 7) is 18.3. The Bertz CT molecular complexity index is 1490. The van der Waals surface area contributed by atoms with Crippen LogP contribution >= 0.6 is 0 Å². The largest absolute Gasteiger partial charge is 0.468 e. The number of methoxy groups -OCH3 is 2. The Morgan fingerprint density at radius 1 is 0.769 bits per heavy atom. The van der Waals surface area contributed by atoms with Crippen molar-refractivity contribution in [3.05, 3.63) is 57.4 Å². The topological polar surface area (TPSA) is 89.9 Å². The number of hydrogen-bond acceptors (Lipinski definition) is 6. The zero-order valence-electron chi connectivity index (χ0n) is 33.9. The minimum atomic E-state index is -0.432. The Labute approximate surface area is 365 Å². The quantitative estimate of drug-likeness (QED) is 0.124. The van der Waals surface area contributed by atoms with Gasteiger partial charge in [0, 0.05) is 65.4 Å². The van der Waals surface area contributed by atoms with Crippen LogP contribution in [0, 0.1) is 57.2 Å². The van der Waals surface area contributed by atoms with Gasteiger partial charge < -0.3 is 26.4 Å². The summed E-state index contributed by atoms with van der Waals surface area (Å²) in [6.07, 6.45) is 16.4. The van der Waals surface area contributed by atoms with Crippen LogP contribution in [0.25, 0.3) is 0 Å². The summed E-state index contributed by atoms with van der Waals surface area (Å²) in [5.74, 6) is 4.32. The summed E-state index contributed by atoms with van der Waals surface area (Å²) in [5.41, 5.74) is 7.01. The standard InChI is InChI=1S/C22H33O3.C22H31O3.2Y/c2*1-14(2)17-8-9-22(20(24)25-5)11-10-21(4)15(3)12-16(13-23)6-7-18(21)19(17)22;;/h6,14,18,23H,7-13H2,1-5H3;6,13-14,18H,7-12H2,1-5H3;;/q2*-1;;/t2*18-,21+,22+;;/m11../s1. The molecule has 2 fully saturated rings. The molecule has 0 amide bonds. The Kier molecular flexibility index (Phi) is 15.9. The second-order valence-corrected chi connectivity index (χ2v) is 17.6. The fraction of sp³-hybridized carbons (Fsp3) is 0.705. The van der Waals surface area contributed by atoms with Crippen molar-refractivity contribution in [2.24, 2.45) is 45.3 Å². The van der Waals surface area contributed by atoms with Crippen LogP contribution in [-0.2, 0) is 89.3 Å². The molecule has 8 heteroatoms. The number of hydrogen-bond donors (Lipinski definition) is 1. The van der Waals surface area contributed by atoms with E-state index in [1.54, 1.807) is 0 Å². The fourth-order valence-corrected chi connectivity index (χ4v) is 11.4. The first-order valence-electron chi connectivity index (χ1n) is 19.3. The number of carbonyl (C=O) groups is 3. The van der Waals surface area contributed by atoms with Gasteiger partial charge in [0.25, 0.3) is 0 Å². The maximum atomic E-state index is 12.9. The summed E-state index contributed by atoms with van der Waals surface area (Å²) in [6, 6.07) is 0. The van der Waals surface area contributed by atoms with Crippen molar-refractivity contribution in [1.82, 2.24) is 0 Å². The first kappa shape index (κ1) is 46.1. The van der Waals surface area contributed by atoms with Gasteiger partial charge in [-0.25, -0.2) is 0 Å². The molecular weight excluding hydrogens is 802 g/mol. The molecular formula is C44H64O6Y2-2. The number of esters is 2. The van der Waals surface area contributed by atoms with Gasteiger partial charge in [-0.3, -0.25) is 14.4 Å². The summed E-state index contributed by atoms with van der Waals surface area (Å²) >= 11 is 0. The van der Waals surface area contributed by atoms with E-state index in [0.29, 0.717) is 23.7 Å². The normalized spacial score (nSPS) is 34.5. The molecule has 52 heavy (non-hydrogen) atoms. The van der Waals surface area contributed by atoms with Crippen LogP contribution in [0.1, 0.15) is 132 Å². The van der Waals surface area contributed by atoms with E-state index in [9.17, 15) is 19.5 Å². The fourth-order valence-electron chi connectivity index (χ4n) is 11.4. The van der Waals surface area contributed by atoms with E-state index in [1.165, 1.54) is 48.3 Å². The zero-order chi connectivity index (χ0) is 36.8. The molecule has 0 unspecified atom stereocenters. The van der Waals surface area contributed by atoms with E-state index < -0.39 is 10.8 Å². The summed E-state index contributed by atoms with van der Waals surface area (Å²) in [5, 5.41) is 9.69. The summed E-state index contributed by atoms with van der Waals surface area (Å²) in [7, 11) is 3.05. The Balaban J connectivity index is 0.000000270. The number of allylic oxidation sites excluding steroid dienone is 5. The predicted molar refractivity (Wildman–Crippen MR) is 198 cm³/mol. The number of aliphatic hydroxyl groups is 1. The first-order valence-corrected chi connectivity index (χ1v) is 19.3. The maximum Gasteiger partial charge on any atom is 0.315 e. The number of aldehydes is 1. The molecule has 1 N–H and O–H groups in total. The summed E-state index contributed by atoms with van der Waals surface area (Å²) < 4.78 is 10.6. The van der Waals surface area contributed by atoms with E-state index in [4.69, 9.17) is 9.47 Å². The van der Waals surface area contributed by atoms with Crippen molar-refractivity contribution in [3.63, 3.8) is 0 Å². The van der Waals surface area contributed by atoms with Crippen LogP contribution in [0.4, 0.5) is 0 Å². The molecule has 6 aliphatic carbocycles. The Morgan fingerprint density at radius 3 is 1.58 bits per heavy atom. The van der Waals surface area contributed by atoms with Crippen molar-refractivity contribution >= 4 is 18.2 Å². The van der Waals surface area contributed by atoms with Gasteiger partial charge in [0.05, 0.1) is 31.7 Å². The minimum absolute atomic E-state index is 0. The molecule has 0 saturated heterocycles. The van der Waals surface area contributed by atoms with Gasteiger partial charge in [-0.2, -0.15) is 20.3 Å². The second kappa shape index (κ2) is 17.9. The van der Waals surface area contributed by atoms with Crippen molar-refractivity contribution in [3.8, 4) is 0 Å². The molecule has 0 spiro atoms. The number of carbonyl (C=O) groups excluding carboxylic acids is 3. The molecule has 0 heterocycles. The molecule has 0 aromatic carbocycles. The van der Waals surface area contributed by atoms with E-state index in [-0.39, 0.29) is 94.8 Å². The van der Waals surface area contributed by atoms with Gasteiger partial charge >= 0.3 is 11.9 Å². The molecule has 0 bridgehead atoms. The second-order valence-electron chi connectivity index (χ2n) is 17.6. The molecule has 2 saturated carbocycles. The molecule has 6 nitrogen and oxygen atoms in total. The number of aliphatic hydroxyl groups excluding tert-OH is 1. The molecule has 6 atom stereocenters. The van der Waals surface area contributed by atoms with Gasteiger partial charge in [0.2, 0.25) is 0 Å². The third kappa shape index (κ3) is 7.72. The molecule has 284 valence electrons. The smallest absolute Gasteiger partial charge is 0.315 e. The molecule has 0 aromatic rings. The van der Waals surface area contributed by atoms with Crippen molar-refractivity contribution in [2.75, 3.05) is 20.8 Å². The Morgan fingerprint density at radius 2 is 1.19 bits per heavy atom. The average Bonchev–Trinajstić information content (AvgIpc) is 3.63. The average molecular weight is 867 g/mol. The van der Waals surface area contributed by atoms with E-state index in [2.05, 4.69) is 67.5 Å².